The van der Waals surface area contributed by atoms with Crippen molar-refractivity contribution in [3.8, 4) is 0 Å². The minimum absolute atomic E-state index is 0.0588. The van der Waals surface area contributed by atoms with Gasteiger partial charge >= 0.3 is 0 Å². The normalized spacial score (nSPS) is 18.2. The van der Waals surface area contributed by atoms with Crippen LogP contribution in [0.25, 0.3) is 0 Å². The third-order valence-electron chi connectivity index (χ3n) is 2.91. The van der Waals surface area contributed by atoms with Crippen molar-refractivity contribution >= 4 is 0 Å². The Hall–Kier alpha value is -0.120. The second kappa shape index (κ2) is 6.38. The highest BCUT2D eigenvalue weighted by Gasteiger charge is 2.20. The van der Waals surface area contributed by atoms with Crippen molar-refractivity contribution in [2.75, 3.05) is 19.7 Å². The monoisotopic (exact) mass is 203 g/mol. The Morgan fingerprint density at radius 3 is 2.29 bits per heavy atom. The summed E-state index contributed by atoms with van der Waals surface area (Å²) in [6.07, 6.45) is 0.642. The van der Waals surface area contributed by atoms with Crippen LogP contribution in [0.15, 0.2) is 0 Å². The van der Waals surface area contributed by atoms with Crippen molar-refractivity contribution < 1.29 is 10.2 Å². The minimum Gasteiger partial charge on any atom is -0.396 e. The van der Waals surface area contributed by atoms with Crippen molar-refractivity contribution in [1.82, 2.24) is 5.32 Å². The van der Waals surface area contributed by atoms with Gasteiger partial charge in [-0.15, -0.1) is 0 Å². The van der Waals surface area contributed by atoms with Gasteiger partial charge < -0.3 is 15.5 Å². The molecule has 0 aliphatic rings. The molecule has 14 heavy (non-hydrogen) atoms. The third-order valence-corrected chi connectivity index (χ3v) is 2.91. The highest BCUT2D eigenvalue weighted by Crippen LogP contribution is 2.18. The van der Waals surface area contributed by atoms with E-state index in [1.807, 2.05) is 20.8 Å². The number of aliphatic hydroxyl groups excluding tert-OH is 2. The van der Waals surface area contributed by atoms with E-state index in [2.05, 4.69) is 12.2 Å². The first-order chi connectivity index (χ1) is 6.45. The molecule has 0 rings (SSSR count). The van der Waals surface area contributed by atoms with Gasteiger partial charge in [-0.25, -0.2) is 0 Å². The van der Waals surface area contributed by atoms with Crippen LogP contribution in [0.4, 0.5) is 0 Å². The summed E-state index contributed by atoms with van der Waals surface area (Å²) in [5.74, 6) is 0.282. The van der Waals surface area contributed by atoms with E-state index < -0.39 is 0 Å². The Balaban J connectivity index is 3.72. The SMILES string of the molecule is CCC(C)(CO)CNCC(O)C(C)C. The van der Waals surface area contributed by atoms with Crippen LogP contribution >= 0.6 is 0 Å². The Labute approximate surface area is 87.5 Å². The summed E-state index contributed by atoms with van der Waals surface area (Å²) in [5.41, 5.74) is -0.0588. The predicted octanol–water partition coefficient (Wildman–Crippen LogP) is 1.00. The molecule has 3 heteroatoms. The highest BCUT2D eigenvalue weighted by molar-refractivity contribution is 4.75. The molecule has 3 N–H and O–H groups in total. The van der Waals surface area contributed by atoms with Gasteiger partial charge in [0.2, 0.25) is 0 Å². The largest absolute Gasteiger partial charge is 0.396 e. The standard InChI is InChI=1S/C11H25NO2/c1-5-11(4,8-13)7-12-6-10(14)9(2)3/h9-10,12-14H,5-8H2,1-4H3. The molecule has 86 valence electrons. The van der Waals surface area contributed by atoms with Crippen LogP contribution in [0.1, 0.15) is 34.1 Å². The van der Waals surface area contributed by atoms with Crippen LogP contribution in [0.5, 0.6) is 0 Å². The second-order valence-corrected chi connectivity index (χ2v) is 4.76. The molecule has 0 radical (unpaired) electrons. The smallest absolute Gasteiger partial charge is 0.0687 e. The van der Waals surface area contributed by atoms with Crippen molar-refractivity contribution in [2.45, 2.75) is 40.2 Å². The summed E-state index contributed by atoms with van der Waals surface area (Å²) in [7, 11) is 0. The lowest BCUT2D eigenvalue weighted by molar-refractivity contribution is 0.103. The molecule has 0 fully saturated rings. The average Bonchev–Trinajstić information content (AvgIpc) is 2.17. The molecule has 0 aromatic rings. The van der Waals surface area contributed by atoms with Crippen molar-refractivity contribution in [3.63, 3.8) is 0 Å². The molecular weight excluding hydrogens is 178 g/mol. The van der Waals surface area contributed by atoms with E-state index in [0.717, 1.165) is 13.0 Å². The number of hydrogen-bond donors (Lipinski definition) is 3. The summed E-state index contributed by atoms with van der Waals surface area (Å²) in [6.45, 7) is 9.65. The topological polar surface area (TPSA) is 52.5 Å². The number of aliphatic hydroxyl groups is 2. The van der Waals surface area contributed by atoms with Gasteiger partial charge in [0.15, 0.2) is 0 Å². The van der Waals surface area contributed by atoms with Crippen molar-refractivity contribution in [3.05, 3.63) is 0 Å². The van der Waals surface area contributed by atoms with E-state index in [0.29, 0.717) is 6.54 Å². The van der Waals surface area contributed by atoms with Crippen molar-refractivity contribution in [1.29, 1.82) is 0 Å². The Morgan fingerprint density at radius 1 is 1.36 bits per heavy atom. The van der Waals surface area contributed by atoms with Crippen LogP contribution in [0.3, 0.4) is 0 Å². The first-order valence-electron chi connectivity index (χ1n) is 5.45. The number of hydrogen-bond acceptors (Lipinski definition) is 3. The molecule has 0 aliphatic heterocycles. The summed E-state index contributed by atoms with van der Waals surface area (Å²) < 4.78 is 0. The summed E-state index contributed by atoms with van der Waals surface area (Å²) in [5, 5.41) is 21.9. The van der Waals surface area contributed by atoms with E-state index in [4.69, 9.17) is 5.11 Å². The first-order valence-corrected chi connectivity index (χ1v) is 5.45. The van der Waals surface area contributed by atoms with Gasteiger partial charge in [-0.05, 0) is 12.3 Å². The summed E-state index contributed by atoms with van der Waals surface area (Å²) >= 11 is 0. The molecule has 0 aliphatic carbocycles. The van der Waals surface area contributed by atoms with Crippen LogP contribution in [-0.2, 0) is 0 Å². The molecule has 0 heterocycles. The molecule has 0 aromatic carbocycles. The van der Waals surface area contributed by atoms with Gasteiger partial charge in [0.1, 0.15) is 0 Å². The van der Waals surface area contributed by atoms with Crippen LogP contribution in [0, 0.1) is 11.3 Å². The van der Waals surface area contributed by atoms with Crippen molar-refractivity contribution in [2.24, 2.45) is 11.3 Å². The highest BCUT2D eigenvalue weighted by atomic mass is 16.3. The summed E-state index contributed by atoms with van der Waals surface area (Å²) in [6, 6.07) is 0. The van der Waals surface area contributed by atoms with Gasteiger partial charge in [-0.3, -0.25) is 0 Å². The molecule has 0 amide bonds. The maximum atomic E-state index is 9.54. The Kier molecular flexibility index (Phi) is 6.33. The quantitative estimate of drug-likeness (QED) is 0.578. The zero-order valence-corrected chi connectivity index (χ0v) is 9.88. The molecule has 2 unspecified atom stereocenters. The van der Waals surface area contributed by atoms with Gasteiger partial charge in [0.25, 0.3) is 0 Å². The lowest BCUT2D eigenvalue weighted by Gasteiger charge is -2.27. The maximum Gasteiger partial charge on any atom is 0.0687 e. The maximum absolute atomic E-state index is 9.54. The van der Waals surface area contributed by atoms with Crippen LogP contribution in [0.2, 0.25) is 0 Å². The lowest BCUT2D eigenvalue weighted by Crippen LogP contribution is -2.39. The first kappa shape index (κ1) is 13.9. The zero-order chi connectivity index (χ0) is 11.2. The van der Waals surface area contributed by atoms with Crippen LogP contribution < -0.4 is 5.32 Å². The molecule has 3 nitrogen and oxygen atoms in total. The summed E-state index contributed by atoms with van der Waals surface area (Å²) in [4.78, 5) is 0. The van der Waals surface area contributed by atoms with Gasteiger partial charge in [-0.1, -0.05) is 27.7 Å². The fourth-order valence-electron chi connectivity index (χ4n) is 1.05. The Bertz CT molecular complexity index is 144. The van der Waals surface area contributed by atoms with Crippen LogP contribution in [-0.4, -0.2) is 36.0 Å². The number of nitrogens with one attached hydrogen (secondary N) is 1. The number of rotatable bonds is 7. The fraction of sp³-hybridized carbons (Fsp3) is 1.00. The van der Waals surface area contributed by atoms with Gasteiger partial charge in [0, 0.05) is 25.1 Å². The molecule has 0 saturated carbocycles. The molecule has 0 spiro atoms. The predicted molar refractivity (Wildman–Crippen MR) is 59.2 cm³/mol. The van der Waals surface area contributed by atoms with Gasteiger partial charge in [0.05, 0.1) is 6.10 Å². The fourth-order valence-corrected chi connectivity index (χ4v) is 1.05. The molecule has 0 bridgehead atoms. The van der Waals surface area contributed by atoms with E-state index in [1.54, 1.807) is 0 Å². The molecule has 2 atom stereocenters. The molecule has 0 saturated heterocycles. The molecular formula is C11H25NO2. The van der Waals surface area contributed by atoms with E-state index in [9.17, 15) is 5.11 Å². The van der Waals surface area contributed by atoms with E-state index >= 15 is 0 Å². The second-order valence-electron chi connectivity index (χ2n) is 4.76. The zero-order valence-electron chi connectivity index (χ0n) is 9.88. The van der Waals surface area contributed by atoms with Gasteiger partial charge in [-0.2, -0.15) is 0 Å². The lowest BCUT2D eigenvalue weighted by atomic mass is 9.88. The van der Waals surface area contributed by atoms with E-state index in [-0.39, 0.29) is 24.0 Å². The van der Waals surface area contributed by atoms with E-state index in [1.165, 1.54) is 0 Å². The average molecular weight is 203 g/mol. The minimum atomic E-state index is -0.296. The third kappa shape index (κ3) is 4.94. The molecule has 0 aromatic heterocycles. The Morgan fingerprint density at radius 2 is 1.93 bits per heavy atom.